The molecule has 0 radical (unpaired) electrons. The number of nitrogens with zero attached hydrogens (tertiary/aromatic N) is 3. The highest BCUT2D eigenvalue weighted by atomic mass is 15.2. The fraction of sp³-hybridized carbons (Fsp3) is 0.500. The van der Waals surface area contributed by atoms with Crippen molar-refractivity contribution in [3.05, 3.63) is 35.9 Å². The second-order valence-electron chi connectivity index (χ2n) is 5.19. The van der Waals surface area contributed by atoms with E-state index in [9.17, 15) is 0 Å². The quantitative estimate of drug-likeness (QED) is 0.888. The van der Waals surface area contributed by atoms with Gasteiger partial charge in [-0.2, -0.15) is 0 Å². The molecule has 1 aliphatic heterocycles. The molecule has 0 saturated carbocycles. The molecule has 2 aromatic heterocycles. The number of aromatic nitrogens is 2. The van der Waals surface area contributed by atoms with Crippen molar-refractivity contribution in [2.24, 2.45) is 5.73 Å². The minimum absolute atomic E-state index is 0.580. The first-order valence-corrected chi connectivity index (χ1v) is 6.63. The average Bonchev–Trinajstić information content (AvgIpc) is 2.97. The highest BCUT2D eigenvalue weighted by Crippen LogP contribution is 2.19. The van der Waals surface area contributed by atoms with Crippen molar-refractivity contribution in [2.45, 2.75) is 31.8 Å². The van der Waals surface area contributed by atoms with Gasteiger partial charge in [-0.15, -0.1) is 0 Å². The van der Waals surface area contributed by atoms with Crippen LogP contribution in [0.15, 0.2) is 24.5 Å². The fourth-order valence-electron chi connectivity index (χ4n) is 2.81. The van der Waals surface area contributed by atoms with Gasteiger partial charge in [-0.25, -0.2) is 4.98 Å². The smallest absolute Gasteiger partial charge is 0.114 e. The average molecular weight is 244 g/mol. The van der Waals surface area contributed by atoms with Crippen LogP contribution in [0.5, 0.6) is 0 Å². The molecular formula is C14H20N4. The molecule has 3 heterocycles. The standard InChI is InChI=1S/C14H20N4/c1-17-6-2-3-12(17)7-14-16-9-13-5-4-11(8-15)10-18(13)14/h4-5,9-10,12H,2-3,6-8,15H2,1H3. The van der Waals surface area contributed by atoms with Gasteiger partial charge in [0.25, 0.3) is 0 Å². The van der Waals surface area contributed by atoms with Crippen LogP contribution in [0.3, 0.4) is 0 Å². The summed E-state index contributed by atoms with van der Waals surface area (Å²) >= 11 is 0. The summed E-state index contributed by atoms with van der Waals surface area (Å²) in [7, 11) is 2.21. The monoisotopic (exact) mass is 244 g/mol. The Bertz CT molecular complexity index is 546. The lowest BCUT2D eigenvalue weighted by Gasteiger charge is -2.18. The van der Waals surface area contributed by atoms with Gasteiger partial charge in [0.1, 0.15) is 5.82 Å². The number of likely N-dealkylation sites (tertiary alicyclic amines) is 1. The molecule has 1 fully saturated rings. The summed E-state index contributed by atoms with van der Waals surface area (Å²) in [5.41, 5.74) is 8.01. The molecular weight excluding hydrogens is 224 g/mol. The Hall–Kier alpha value is -1.39. The first-order chi connectivity index (χ1) is 8.78. The number of likely N-dealkylation sites (N-methyl/N-ethyl adjacent to an activating group) is 1. The molecule has 0 bridgehead atoms. The largest absolute Gasteiger partial charge is 0.326 e. The summed E-state index contributed by atoms with van der Waals surface area (Å²) in [6.07, 6.45) is 7.68. The molecule has 1 aliphatic rings. The summed E-state index contributed by atoms with van der Waals surface area (Å²) in [6.45, 7) is 1.79. The first-order valence-electron chi connectivity index (χ1n) is 6.63. The highest BCUT2D eigenvalue weighted by molar-refractivity contribution is 5.47. The Morgan fingerprint density at radius 3 is 3.06 bits per heavy atom. The van der Waals surface area contributed by atoms with E-state index in [1.807, 2.05) is 6.20 Å². The minimum Gasteiger partial charge on any atom is -0.326 e. The van der Waals surface area contributed by atoms with Crippen LogP contribution in [-0.4, -0.2) is 33.9 Å². The second-order valence-corrected chi connectivity index (χ2v) is 5.19. The van der Waals surface area contributed by atoms with Gasteiger partial charge in [0.2, 0.25) is 0 Å². The maximum atomic E-state index is 5.70. The summed E-state index contributed by atoms with van der Waals surface area (Å²) in [5, 5.41) is 0. The van der Waals surface area contributed by atoms with Crippen molar-refractivity contribution >= 4 is 5.52 Å². The van der Waals surface area contributed by atoms with Crippen LogP contribution < -0.4 is 5.73 Å². The van der Waals surface area contributed by atoms with E-state index in [-0.39, 0.29) is 0 Å². The van der Waals surface area contributed by atoms with Crippen LogP contribution in [0, 0.1) is 0 Å². The van der Waals surface area contributed by atoms with Crippen LogP contribution in [-0.2, 0) is 13.0 Å². The molecule has 1 saturated heterocycles. The third-order valence-electron chi connectivity index (χ3n) is 3.99. The lowest BCUT2D eigenvalue weighted by atomic mass is 10.1. The van der Waals surface area contributed by atoms with Gasteiger partial charge in [0.05, 0.1) is 11.7 Å². The maximum absolute atomic E-state index is 5.70. The van der Waals surface area contributed by atoms with Gasteiger partial charge in [-0.05, 0) is 38.1 Å². The topological polar surface area (TPSA) is 46.6 Å². The SMILES string of the molecule is CN1CCCC1Cc1ncc2ccc(CN)cn12. The summed E-state index contributed by atoms with van der Waals surface area (Å²) in [5.74, 6) is 1.15. The summed E-state index contributed by atoms with van der Waals surface area (Å²) in [6, 6.07) is 4.80. The predicted octanol–water partition coefficient (Wildman–Crippen LogP) is 1.43. The summed E-state index contributed by atoms with van der Waals surface area (Å²) in [4.78, 5) is 7.00. The molecule has 96 valence electrons. The zero-order valence-electron chi connectivity index (χ0n) is 10.8. The number of imidazole rings is 1. The van der Waals surface area contributed by atoms with Gasteiger partial charge in [-0.3, -0.25) is 0 Å². The molecule has 0 aromatic carbocycles. The van der Waals surface area contributed by atoms with Crippen LogP contribution in [0.4, 0.5) is 0 Å². The van der Waals surface area contributed by atoms with E-state index in [2.05, 4.69) is 39.7 Å². The lowest BCUT2D eigenvalue weighted by molar-refractivity contribution is 0.305. The van der Waals surface area contributed by atoms with Crippen molar-refractivity contribution in [1.29, 1.82) is 0 Å². The van der Waals surface area contributed by atoms with Crippen molar-refractivity contribution < 1.29 is 0 Å². The molecule has 0 aliphatic carbocycles. The molecule has 0 spiro atoms. The molecule has 2 aromatic rings. The van der Waals surface area contributed by atoms with Gasteiger partial charge in [-0.1, -0.05) is 6.07 Å². The van der Waals surface area contributed by atoms with Crippen LogP contribution >= 0.6 is 0 Å². The zero-order chi connectivity index (χ0) is 12.5. The molecule has 4 heteroatoms. The summed E-state index contributed by atoms with van der Waals surface area (Å²) < 4.78 is 2.19. The van der Waals surface area contributed by atoms with Crippen molar-refractivity contribution in [3.8, 4) is 0 Å². The zero-order valence-corrected chi connectivity index (χ0v) is 10.8. The Kier molecular flexibility index (Phi) is 3.06. The van der Waals surface area contributed by atoms with Crippen LogP contribution in [0.2, 0.25) is 0 Å². The normalized spacial score (nSPS) is 20.9. The predicted molar refractivity (Wildman–Crippen MR) is 72.4 cm³/mol. The van der Waals surface area contributed by atoms with Gasteiger partial charge < -0.3 is 15.0 Å². The fourth-order valence-corrected chi connectivity index (χ4v) is 2.81. The third kappa shape index (κ3) is 2.02. The first kappa shape index (κ1) is 11.7. The van der Waals surface area contributed by atoms with E-state index in [0.717, 1.165) is 23.3 Å². The van der Waals surface area contributed by atoms with Crippen molar-refractivity contribution in [3.63, 3.8) is 0 Å². The van der Waals surface area contributed by atoms with Gasteiger partial charge >= 0.3 is 0 Å². The number of fused-ring (bicyclic) bond motifs is 1. The minimum atomic E-state index is 0.580. The molecule has 4 nitrogen and oxygen atoms in total. The molecule has 2 N–H and O–H groups in total. The maximum Gasteiger partial charge on any atom is 0.114 e. The Labute approximate surface area is 107 Å². The van der Waals surface area contributed by atoms with Crippen molar-refractivity contribution in [1.82, 2.24) is 14.3 Å². The van der Waals surface area contributed by atoms with Crippen molar-refractivity contribution in [2.75, 3.05) is 13.6 Å². The molecule has 0 amide bonds. The number of hydrogen-bond donors (Lipinski definition) is 1. The molecule has 3 rings (SSSR count). The van der Waals surface area contributed by atoms with Gasteiger partial charge in [0, 0.05) is 25.2 Å². The Morgan fingerprint density at radius 1 is 1.44 bits per heavy atom. The van der Waals surface area contributed by atoms with E-state index in [1.165, 1.54) is 19.4 Å². The molecule has 1 unspecified atom stereocenters. The van der Waals surface area contributed by atoms with E-state index >= 15 is 0 Å². The second kappa shape index (κ2) is 4.71. The highest BCUT2D eigenvalue weighted by Gasteiger charge is 2.22. The molecule has 18 heavy (non-hydrogen) atoms. The Balaban J connectivity index is 1.91. The molecule has 1 atom stereocenters. The van der Waals surface area contributed by atoms with E-state index in [0.29, 0.717) is 12.6 Å². The van der Waals surface area contributed by atoms with Crippen LogP contribution in [0.25, 0.3) is 5.52 Å². The van der Waals surface area contributed by atoms with E-state index < -0.39 is 0 Å². The lowest BCUT2D eigenvalue weighted by Crippen LogP contribution is -2.27. The number of rotatable bonds is 3. The van der Waals surface area contributed by atoms with Gasteiger partial charge in [0.15, 0.2) is 0 Å². The van der Waals surface area contributed by atoms with E-state index in [1.54, 1.807) is 0 Å². The van der Waals surface area contributed by atoms with E-state index in [4.69, 9.17) is 5.73 Å². The Morgan fingerprint density at radius 2 is 2.33 bits per heavy atom. The third-order valence-corrected chi connectivity index (χ3v) is 3.99. The number of hydrogen-bond acceptors (Lipinski definition) is 3. The number of pyridine rings is 1. The van der Waals surface area contributed by atoms with Crippen LogP contribution in [0.1, 0.15) is 24.2 Å². The number of nitrogens with two attached hydrogens (primary N) is 1.